The molecule has 1 N–H and O–H groups in total. The summed E-state index contributed by atoms with van der Waals surface area (Å²) in [6, 6.07) is 4.01. The van der Waals surface area contributed by atoms with E-state index in [9.17, 15) is 4.79 Å². The Morgan fingerprint density at radius 3 is 2.35 bits per heavy atom. The number of carboxylic acid groups (broad SMARTS) is 1. The highest BCUT2D eigenvalue weighted by Gasteiger charge is 2.20. The van der Waals surface area contributed by atoms with Crippen molar-refractivity contribution in [1.82, 2.24) is 4.90 Å². The minimum Gasteiger partial charge on any atom is -0.490 e. The summed E-state index contributed by atoms with van der Waals surface area (Å²) in [5.41, 5.74) is 2.35. The van der Waals surface area contributed by atoms with Crippen molar-refractivity contribution < 1.29 is 19.4 Å². The van der Waals surface area contributed by atoms with E-state index in [-0.39, 0.29) is 6.54 Å². The van der Waals surface area contributed by atoms with Crippen molar-refractivity contribution in [2.75, 3.05) is 26.3 Å². The van der Waals surface area contributed by atoms with Crippen LogP contribution in [0.25, 0.3) is 0 Å². The average molecular weight is 279 g/mol. The molecule has 1 heterocycles. The Balaban J connectivity index is 2.23. The van der Waals surface area contributed by atoms with Gasteiger partial charge in [-0.25, -0.2) is 0 Å². The Morgan fingerprint density at radius 1 is 1.20 bits per heavy atom. The van der Waals surface area contributed by atoms with Gasteiger partial charge >= 0.3 is 5.97 Å². The topological polar surface area (TPSA) is 59.0 Å². The van der Waals surface area contributed by atoms with Gasteiger partial charge in [0.1, 0.15) is 0 Å². The van der Waals surface area contributed by atoms with E-state index in [2.05, 4.69) is 0 Å². The van der Waals surface area contributed by atoms with Crippen molar-refractivity contribution in [3.05, 3.63) is 23.3 Å². The zero-order valence-electron chi connectivity index (χ0n) is 12.0. The van der Waals surface area contributed by atoms with Crippen LogP contribution >= 0.6 is 0 Å². The molecule has 1 aliphatic heterocycles. The predicted octanol–water partition coefficient (Wildman–Crippen LogP) is 1.93. The third-order valence-corrected chi connectivity index (χ3v) is 3.32. The number of ether oxygens (including phenoxy) is 2. The van der Waals surface area contributed by atoms with Crippen LogP contribution in [0, 0.1) is 0 Å². The summed E-state index contributed by atoms with van der Waals surface area (Å²) in [5, 5.41) is 8.88. The van der Waals surface area contributed by atoms with Crippen LogP contribution in [0.5, 0.6) is 11.5 Å². The van der Waals surface area contributed by atoms with Crippen molar-refractivity contribution in [1.29, 1.82) is 0 Å². The van der Waals surface area contributed by atoms with Crippen LogP contribution in [-0.2, 0) is 17.8 Å². The fourth-order valence-corrected chi connectivity index (χ4v) is 2.49. The number of hydrogen-bond donors (Lipinski definition) is 1. The smallest absolute Gasteiger partial charge is 0.317 e. The summed E-state index contributed by atoms with van der Waals surface area (Å²) in [7, 11) is 0. The van der Waals surface area contributed by atoms with Crippen LogP contribution in [0.2, 0.25) is 0 Å². The van der Waals surface area contributed by atoms with Crippen molar-refractivity contribution in [3.8, 4) is 11.5 Å². The van der Waals surface area contributed by atoms with Gasteiger partial charge in [-0.05, 0) is 43.5 Å². The number of nitrogens with zero attached hydrogens (tertiary/aromatic N) is 1. The summed E-state index contributed by atoms with van der Waals surface area (Å²) >= 11 is 0. The number of carbonyl (C=O) groups is 1. The van der Waals surface area contributed by atoms with E-state index in [1.807, 2.05) is 30.9 Å². The van der Waals surface area contributed by atoms with Gasteiger partial charge in [0.05, 0.1) is 19.8 Å². The average Bonchev–Trinajstić information content (AvgIpc) is 2.39. The van der Waals surface area contributed by atoms with Crippen molar-refractivity contribution in [3.63, 3.8) is 0 Å². The second kappa shape index (κ2) is 6.61. The van der Waals surface area contributed by atoms with E-state index >= 15 is 0 Å². The molecule has 20 heavy (non-hydrogen) atoms. The molecule has 0 atom stereocenters. The molecule has 5 heteroatoms. The molecule has 1 aromatic rings. The second-order valence-corrected chi connectivity index (χ2v) is 4.79. The molecule has 5 nitrogen and oxygen atoms in total. The van der Waals surface area contributed by atoms with E-state index < -0.39 is 5.97 Å². The van der Waals surface area contributed by atoms with Gasteiger partial charge in [-0.2, -0.15) is 0 Å². The molecule has 0 aromatic heterocycles. The lowest BCUT2D eigenvalue weighted by molar-refractivity contribution is -0.138. The third-order valence-electron chi connectivity index (χ3n) is 3.32. The Morgan fingerprint density at radius 2 is 1.80 bits per heavy atom. The van der Waals surface area contributed by atoms with E-state index in [1.54, 1.807) is 0 Å². The first-order valence-electron chi connectivity index (χ1n) is 6.99. The van der Waals surface area contributed by atoms with Gasteiger partial charge in [-0.1, -0.05) is 0 Å². The van der Waals surface area contributed by atoms with Crippen LogP contribution in [0.4, 0.5) is 0 Å². The van der Waals surface area contributed by atoms with Gasteiger partial charge in [0.2, 0.25) is 0 Å². The molecule has 0 spiro atoms. The van der Waals surface area contributed by atoms with Crippen molar-refractivity contribution in [2.45, 2.75) is 26.8 Å². The molecule has 0 saturated heterocycles. The lowest BCUT2D eigenvalue weighted by Gasteiger charge is -2.28. The molecule has 0 amide bonds. The first kappa shape index (κ1) is 14.7. The van der Waals surface area contributed by atoms with Gasteiger partial charge in [-0.15, -0.1) is 0 Å². The fourth-order valence-electron chi connectivity index (χ4n) is 2.49. The fraction of sp³-hybridized carbons (Fsp3) is 0.533. The standard InChI is InChI=1S/C15H21NO4/c1-3-19-13-7-11-5-6-16(10-15(17)18)9-12(11)8-14(13)20-4-2/h7-8H,3-6,9-10H2,1-2H3,(H,17,18). The monoisotopic (exact) mass is 279 g/mol. The molecule has 0 fully saturated rings. The zero-order chi connectivity index (χ0) is 14.5. The number of hydrogen-bond acceptors (Lipinski definition) is 4. The van der Waals surface area contributed by atoms with Crippen LogP contribution < -0.4 is 9.47 Å². The maximum Gasteiger partial charge on any atom is 0.317 e. The molecule has 0 unspecified atom stereocenters. The SMILES string of the molecule is CCOc1cc2c(cc1OCC)CN(CC(=O)O)CC2. The number of benzene rings is 1. The molecule has 2 rings (SSSR count). The van der Waals surface area contributed by atoms with Gasteiger partial charge < -0.3 is 14.6 Å². The number of carboxylic acids is 1. The summed E-state index contributed by atoms with van der Waals surface area (Å²) < 4.78 is 11.2. The molecule has 110 valence electrons. The van der Waals surface area contributed by atoms with Crippen LogP contribution in [0.1, 0.15) is 25.0 Å². The highest BCUT2D eigenvalue weighted by molar-refractivity contribution is 5.69. The summed E-state index contributed by atoms with van der Waals surface area (Å²) in [5.74, 6) is 0.731. The van der Waals surface area contributed by atoms with E-state index in [4.69, 9.17) is 14.6 Å². The quantitative estimate of drug-likeness (QED) is 0.862. The van der Waals surface area contributed by atoms with E-state index in [1.165, 1.54) is 5.56 Å². The minimum absolute atomic E-state index is 0.0800. The summed E-state index contributed by atoms with van der Waals surface area (Å²) in [6.45, 7) is 6.56. The van der Waals surface area contributed by atoms with Crippen LogP contribution in [0.15, 0.2) is 12.1 Å². The zero-order valence-corrected chi connectivity index (χ0v) is 12.0. The Kier molecular flexibility index (Phi) is 4.84. The molecular formula is C15H21NO4. The van der Waals surface area contributed by atoms with Crippen molar-refractivity contribution in [2.24, 2.45) is 0 Å². The predicted molar refractivity (Wildman–Crippen MR) is 75.4 cm³/mol. The highest BCUT2D eigenvalue weighted by Crippen LogP contribution is 2.33. The molecule has 0 bridgehead atoms. The van der Waals surface area contributed by atoms with Crippen LogP contribution in [-0.4, -0.2) is 42.3 Å². The maximum atomic E-state index is 10.8. The normalized spacial score (nSPS) is 14.7. The van der Waals surface area contributed by atoms with Gasteiger partial charge in [0.25, 0.3) is 0 Å². The minimum atomic E-state index is -0.788. The number of fused-ring (bicyclic) bond motifs is 1. The molecule has 0 radical (unpaired) electrons. The van der Waals surface area contributed by atoms with Gasteiger partial charge in [0.15, 0.2) is 11.5 Å². The molecular weight excluding hydrogens is 258 g/mol. The Labute approximate surface area is 119 Å². The molecule has 1 aromatic carbocycles. The Bertz CT molecular complexity index is 487. The van der Waals surface area contributed by atoms with Crippen LogP contribution in [0.3, 0.4) is 0 Å². The molecule has 1 aliphatic rings. The first-order chi connectivity index (χ1) is 9.63. The number of aliphatic carboxylic acids is 1. The second-order valence-electron chi connectivity index (χ2n) is 4.79. The van der Waals surface area contributed by atoms with E-state index in [0.717, 1.165) is 30.0 Å². The molecule has 0 aliphatic carbocycles. The summed E-state index contributed by atoms with van der Waals surface area (Å²) in [4.78, 5) is 12.7. The van der Waals surface area contributed by atoms with Gasteiger partial charge in [0, 0.05) is 13.1 Å². The van der Waals surface area contributed by atoms with Gasteiger partial charge in [-0.3, -0.25) is 9.69 Å². The van der Waals surface area contributed by atoms with E-state index in [0.29, 0.717) is 19.8 Å². The van der Waals surface area contributed by atoms with Crippen molar-refractivity contribution >= 4 is 5.97 Å². The lowest BCUT2D eigenvalue weighted by atomic mass is 9.99. The maximum absolute atomic E-state index is 10.8. The third kappa shape index (κ3) is 3.42. The molecule has 0 saturated carbocycles. The largest absolute Gasteiger partial charge is 0.490 e. The first-order valence-corrected chi connectivity index (χ1v) is 6.99. The number of rotatable bonds is 6. The highest BCUT2D eigenvalue weighted by atomic mass is 16.5. The lowest BCUT2D eigenvalue weighted by Crippen LogP contribution is -2.34. The Hall–Kier alpha value is -1.75. The summed E-state index contributed by atoms with van der Waals surface area (Å²) in [6.07, 6.45) is 0.842.